The van der Waals surface area contributed by atoms with Gasteiger partial charge < -0.3 is 20.4 Å². The lowest BCUT2D eigenvalue weighted by Gasteiger charge is -2.37. The van der Waals surface area contributed by atoms with Crippen LogP contribution in [0.4, 0.5) is 17.5 Å². The molecule has 5 heterocycles. The average Bonchev–Trinajstić information content (AvgIpc) is 3.33. The Labute approximate surface area is 213 Å². The first-order valence-corrected chi connectivity index (χ1v) is 13.4. The summed E-state index contributed by atoms with van der Waals surface area (Å²) in [6.45, 7) is 7.22. The second-order valence-corrected chi connectivity index (χ2v) is 10.5. The van der Waals surface area contributed by atoms with Crippen molar-refractivity contribution in [1.29, 1.82) is 0 Å². The van der Waals surface area contributed by atoms with E-state index in [2.05, 4.69) is 43.4 Å². The third kappa shape index (κ3) is 4.54. The first kappa shape index (κ1) is 22.9. The zero-order valence-corrected chi connectivity index (χ0v) is 21.1. The summed E-state index contributed by atoms with van der Waals surface area (Å²) in [6, 6.07) is 10.3. The Hall–Kier alpha value is -3.50. The van der Waals surface area contributed by atoms with Gasteiger partial charge in [0.15, 0.2) is 0 Å². The molecule has 186 valence electrons. The van der Waals surface area contributed by atoms with Crippen LogP contribution in [0.5, 0.6) is 0 Å². The SMILES string of the molecule is Cc1cnccc1N1CCN(c2nc(N[C@@H]3CCCNC3)c(-c3nc4ccccc4s3)c(=O)[nH]2)CC1. The highest BCUT2D eigenvalue weighted by Crippen LogP contribution is 2.33. The number of nitrogens with one attached hydrogen (secondary N) is 3. The number of aromatic amines is 1. The Balaban J connectivity index is 1.31. The van der Waals surface area contributed by atoms with Crippen LogP contribution >= 0.6 is 11.3 Å². The quantitative estimate of drug-likeness (QED) is 0.382. The fourth-order valence-electron chi connectivity index (χ4n) is 5.04. The third-order valence-electron chi connectivity index (χ3n) is 6.96. The number of piperazine rings is 1. The van der Waals surface area contributed by atoms with E-state index < -0.39 is 0 Å². The zero-order chi connectivity index (χ0) is 24.5. The van der Waals surface area contributed by atoms with E-state index in [0.29, 0.717) is 22.3 Å². The first-order chi connectivity index (χ1) is 17.7. The maximum absolute atomic E-state index is 13.5. The Morgan fingerprint density at radius 3 is 2.69 bits per heavy atom. The fourth-order valence-corrected chi connectivity index (χ4v) is 6.05. The lowest BCUT2D eigenvalue weighted by Crippen LogP contribution is -2.48. The molecule has 10 heteroatoms. The molecule has 0 aliphatic carbocycles. The number of anilines is 3. The van der Waals surface area contributed by atoms with Crippen molar-refractivity contribution in [2.45, 2.75) is 25.8 Å². The normalized spacial score (nSPS) is 18.5. The summed E-state index contributed by atoms with van der Waals surface area (Å²) < 4.78 is 1.06. The number of hydrogen-bond donors (Lipinski definition) is 3. The number of thiazole rings is 1. The van der Waals surface area contributed by atoms with Gasteiger partial charge in [-0.05, 0) is 50.1 Å². The number of para-hydroxylation sites is 1. The van der Waals surface area contributed by atoms with Crippen LogP contribution in [0.2, 0.25) is 0 Å². The molecule has 0 bridgehead atoms. The molecule has 9 nitrogen and oxygen atoms in total. The van der Waals surface area contributed by atoms with E-state index in [4.69, 9.17) is 9.97 Å². The summed E-state index contributed by atoms with van der Waals surface area (Å²) in [6.07, 6.45) is 5.88. The second-order valence-electron chi connectivity index (χ2n) is 9.42. The van der Waals surface area contributed by atoms with Crippen molar-refractivity contribution in [3.63, 3.8) is 0 Å². The summed E-state index contributed by atoms with van der Waals surface area (Å²) in [5.41, 5.74) is 3.65. The number of H-pyrrole nitrogens is 1. The van der Waals surface area contributed by atoms with Gasteiger partial charge in [-0.15, -0.1) is 11.3 Å². The van der Waals surface area contributed by atoms with Crippen LogP contribution in [-0.2, 0) is 0 Å². The average molecular weight is 503 g/mol. The molecule has 36 heavy (non-hydrogen) atoms. The molecule has 4 aromatic rings. The summed E-state index contributed by atoms with van der Waals surface area (Å²) in [5.74, 6) is 1.23. The minimum absolute atomic E-state index is 0.155. The van der Waals surface area contributed by atoms with Gasteiger partial charge in [0.05, 0.1) is 10.2 Å². The van der Waals surface area contributed by atoms with Gasteiger partial charge in [-0.3, -0.25) is 14.8 Å². The lowest BCUT2D eigenvalue weighted by molar-refractivity contribution is 0.479. The molecular formula is C26H30N8OS. The maximum Gasteiger partial charge on any atom is 0.264 e. The highest BCUT2D eigenvalue weighted by molar-refractivity contribution is 7.21. The van der Waals surface area contributed by atoms with Gasteiger partial charge in [0.2, 0.25) is 5.95 Å². The molecule has 6 rings (SSSR count). The van der Waals surface area contributed by atoms with Crippen molar-refractivity contribution in [3.8, 4) is 10.6 Å². The highest BCUT2D eigenvalue weighted by atomic mass is 32.1. The number of nitrogens with zero attached hydrogens (tertiary/aromatic N) is 5. The summed E-state index contributed by atoms with van der Waals surface area (Å²) in [4.78, 5) is 35.1. The molecule has 0 saturated carbocycles. The molecule has 2 fully saturated rings. The van der Waals surface area contributed by atoms with Gasteiger partial charge in [0.25, 0.3) is 5.56 Å². The predicted octanol–water partition coefficient (Wildman–Crippen LogP) is 3.24. The summed E-state index contributed by atoms with van der Waals surface area (Å²) in [7, 11) is 0. The second kappa shape index (κ2) is 9.87. The number of aromatic nitrogens is 4. The fraction of sp³-hybridized carbons (Fsp3) is 0.385. The monoisotopic (exact) mass is 502 g/mol. The van der Waals surface area contributed by atoms with Crippen molar-refractivity contribution in [2.24, 2.45) is 0 Å². The van der Waals surface area contributed by atoms with Crippen molar-refractivity contribution in [3.05, 3.63) is 58.6 Å². The number of benzene rings is 1. The number of aryl methyl sites for hydroxylation is 1. The van der Waals surface area contributed by atoms with Crippen molar-refractivity contribution in [2.75, 3.05) is 54.4 Å². The molecule has 0 unspecified atom stereocenters. The van der Waals surface area contributed by atoms with Crippen LogP contribution in [0.15, 0.2) is 47.5 Å². The number of rotatable bonds is 5. The van der Waals surface area contributed by atoms with Crippen molar-refractivity contribution in [1.82, 2.24) is 25.3 Å². The Kier molecular flexibility index (Phi) is 6.28. The Morgan fingerprint density at radius 2 is 1.92 bits per heavy atom. The summed E-state index contributed by atoms with van der Waals surface area (Å²) in [5, 5.41) is 7.72. The van der Waals surface area contributed by atoms with Crippen LogP contribution in [0, 0.1) is 6.92 Å². The van der Waals surface area contributed by atoms with E-state index in [1.54, 1.807) is 0 Å². The largest absolute Gasteiger partial charge is 0.368 e. The van der Waals surface area contributed by atoms with Crippen LogP contribution in [-0.4, -0.2) is 65.2 Å². The van der Waals surface area contributed by atoms with E-state index in [-0.39, 0.29) is 11.6 Å². The van der Waals surface area contributed by atoms with Crippen LogP contribution < -0.4 is 26.0 Å². The van der Waals surface area contributed by atoms with Crippen molar-refractivity contribution >= 4 is 39.0 Å². The van der Waals surface area contributed by atoms with E-state index in [9.17, 15) is 4.79 Å². The van der Waals surface area contributed by atoms with Gasteiger partial charge >= 0.3 is 0 Å². The molecule has 0 radical (unpaired) electrons. The molecule has 3 N–H and O–H groups in total. The Morgan fingerprint density at radius 1 is 1.08 bits per heavy atom. The summed E-state index contributed by atoms with van der Waals surface area (Å²) >= 11 is 1.53. The van der Waals surface area contributed by atoms with E-state index >= 15 is 0 Å². The van der Waals surface area contributed by atoms with Gasteiger partial charge in [0.1, 0.15) is 16.4 Å². The van der Waals surface area contributed by atoms with Crippen LogP contribution in [0.3, 0.4) is 0 Å². The van der Waals surface area contributed by atoms with Gasteiger partial charge in [-0.1, -0.05) is 12.1 Å². The van der Waals surface area contributed by atoms with Crippen LogP contribution in [0.1, 0.15) is 18.4 Å². The van der Waals surface area contributed by atoms with E-state index in [1.165, 1.54) is 22.6 Å². The molecule has 2 aliphatic rings. The molecule has 3 aromatic heterocycles. The van der Waals surface area contributed by atoms with Gasteiger partial charge in [-0.25, -0.2) is 4.98 Å². The third-order valence-corrected chi connectivity index (χ3v) is 8.02. The first-order valence-electron chi connectivity index (χ1n) is 12.5. The Bertz CT molecular complexity index is 1390. The van der Waals surface area contributed by atoms with Gasteiger partial charge in [-0.2, -0.15) is 4.98 Å². The zero-order valence-electron chi connectivity index (χ0n) is 20.3. The van der Waals surface area contributed by atoms with Gasteiger partial charge in [0, 0.05) is 56.8 Å². The van der Waals surface area contributed by atoms with E-state index in [1.807, 2.05) is 36.7 Å². The lowest BCUT2D eigenvalue weighted by atomic mass is 10.1. The molecule has 0 spiro atoms. The standard InChI is InChI=1S/C26H30N8OS/c1-17-15-28-10-8-20(17)33-11-13-34(14-12-33)26-31-23(29-18-5-4-9-27-16-18)22(24(35)32-26)25-30-19-6-2-3-7-21(19)36-25/h2-3,6-8,10,15,18,27H,4-5,9,11-14,16H2,1H3,(H2,29,31,32,35)/t18-/m1/s1. The van der Waals surface area contributed by atoms with Crippen molar-refractivity contribution < 1.29 is 0 Å². The topological polar surface area (TPSA) is 102 Å². The molecular weight excluding hydrogens is 472 g/mol. The minimum atomic E-state index is -0.155. The van der Waals surface area contributed by atoms with Crippen LogP contribution in [0.25, 0.3) is 20.8 Å². The molecule has 2 saturated heterocycles. The maximum atomic E-state index is 13.5. The number of hydrogen-bond acceptors (Lipinski definition) is 9. The highest BCUT2D eigenvalue weighted by Gasteiger charge is 2.25. The number of piperidine rings is 1. The number of fused-ring (bicyclic) bond motifs is 1. The van der Waals surface area contributed by atoms with E-state index in [0.717, 1.165) is 62.3 Å². The smallest absolute Gasteiger partial charge is 0.264 e. The predicted molar refractivity (Wildman–Crippen MR) is 146 cm³/mol. The minimum Gasteiger partial charge on any atom is -0.368 e. The number of pyridine rings is 1. The molecule has 2 aliphatic heterocycles. The molecule has 1 aromatic carbocycles. The molecule has 0 amide bonds. The molecule has 1 atom stereocenters.